The molecule has 19 heavy (non-hydrogen) atoms. The number of carbonyl (C=O) groups excluding carboxylic acids is 1. The summed E-state index contributed by atoms with van der Waals surface area (Å²) in [4.78, 5) is 15.2. The quantitative estimate of drug-likeness (QED) is 0.817. The number of aryl methyl sites for hydroxylation is 1. The van der Waals surface area contributed by atoms with Gasteiger partial charge >= 0.3 is 6.03 Å². The van der Waals surface area contributed by atoms with E-state index in [1.807, 2.05) is 0 Å². The molecule has 0 saturated carbocycles. The van der Waals surface area contributed by atoms with Crippen molar-refractivity contribution in [2.45, 2.75) is 6.92 Å². The zero-order valence-corrected chi connectivity index (χ0v) is 10.1. The van der Waals surface area contributed by atoms with E-state index < -0.39 is 17.8 Å². The lowest BCUT2D eigenvalue weighted by molar-refractivity contribution is 0.262. The lowest BCUT2D eigenvalue weighted by Crippen LogP contribution is -2.20. The van der Waals surface area contributed by atoms with Gasteiger partial charge in [0.15, 0.2) is 0 Å². The highest BCUT2D eigenvalue weighted by atomic mass is 19.1. The first-order valence-corrected chi connectivity index (χ1v) is 5.51. The van der Waals surface area contributed by atoms with Gasteiger partial charge in [0.2, 0.25) is 5.95 Å². The highest BCUT2D eigenvalue weighted by Gasteiger charge is 2.07. The number of nitrogens with zero attached hydrogens (tertiary/aromatic N) is 1. The monoisotopic (exact) mass is 263 g/mol. The lowest BCUT2D eigenvalue weighted by atomic mass is 10.3. The van der Waals surface area contributed by atoms with E-state index in [-0.39, 0.29) is 0 Å². The number of urea groups is 1. The Labute approximate surface area is 108 Å². The molecule has 2 amide bonds. The van der Waals surface area contributed by atoms with Crippen molar-refractivity contribution in [3.8, 4) is 0 Å². The van der Waals surface area contributed by atoms with Crippen molar-refractivity contribution in [1.82, 2.24) is 4.98 Å². The number of carbonyl (C=O) groups is 1. The van der Waals surface area contributed by atoms with Crippen LogP contribution in [-0.4, -0.2) is 11.0 Å². The molecule has 2 rings (SSSR count). The zero-order chi connectivity index (χ0) is 13.8. The van der Waals surface area contributed by atoms with Crippen LogP contribution < -0.4 is 10.6 Å². The van der Waals surface area contributed by atoms with Crippen molar-refractivity contribution >= 4 is 17.4 Å². The summed E-state index contributed by atoms with van der Waals surface area (Å²) in [6, 6.07) is 7.50. The first-order valence-electron chi connectivity index (χ1n) is 5.51. The predicted octanol–water partition coefficient (Wildman–Crippen LogP) is 3.31. The molecule has 0 aliphatic heterocycles. The van der Waals surface area contributed by atoms with Gasteiger partial charge in [0.25, 0.3) is 0 Å². The second-order valence-corrected chi connectivity index (χ2v) is 3.86. The molecule has 1 aromatic carbocycles. The minimum absolute atomic E-state index is 0.324. The van der Waals surface area contributed by atoms with Crippen molar-refractivity contribution in [2.24, 2.45) is 0 Å². The number of hydrogen-bond acceptors (Lipinski definition) is 2. The summed E-state index contributed by atoms with van der Waals surface area (Å²) in [5.41, 5.74) is 1.06. The van der Waals surface area contributed by atoms with Gasteiger partial charge in [-0.25, -0.2) is 14.2 Å². The number of pyridine rings is 1. The molecule has 2 aromatic rings. The van der Waals surface area contributed by atoms with E-state index in [1.54, 1.807) is 13.0 Å². The fraction of sp³-hybridized carbons (Fsp3) is 0.0769. The Balaban J connectivity index is 2.05. The van der Waals surface area contributed by atoms with Gasteiger partial charge in [-0.1, -0.05) is 6.07 Å². The molecule has 2 N–H and O–H groups in total. The molecule has 98 valence electrons. The average molecular weight is 263 g/mol. The maximum atomic E-state index is 12.9. The fourth-order valence-electron chi connectivity index (χ4n) is 1.51. The molecular weight excluding hydrogens is 252 g/mol. The predicted molar refractivity (Wildman–Crippen MR) is 68.0 cm³/mol. The van der Waals surface area contributed by atoms with Gasteiger partial charge in [0.05, 0.1) is 11.4 Å². The second-order valence-electron chi connectivity index (χ2n) is 3.86. The molecular formula is C13H11F2N3O. The fourth-order valence-corrected chi connectivity index (χ4v) is 1.51. The Morgan fingerprint density at radius 2 is 1.95 bits per heavy atom. The SMILES string of the molecule is Cc1nc(F)ccc1NC(=O)Nc1cccc(F)c1. The molecule has 1 heterocycles. The smallest absolute Gasteiger partial charge is 0.308 e. The number of anilines is 2. The van der Waals surface area contributed by atoms with E-state index in [2.05, 4.69) is 15.6 Å². The molecule has 0 spiro atoms. The van der Waals surface area contributed by atoms with Crippen LogP contribution in [0.3, 0.4) is 0 Å². The maximum absolute atomic E-state index is 12.9. The summed E-state index contributed by atoms with van der Waals surface area (Å²) < 4.78 is 25.7. The van der Waals surface area contributed by atoms with E-state index in [0.717, 1.165) is 6.07 Å². The van der Waals surface area contributed by atoms with Crippen LogP contribution in [0.15, 0.2) is 36.4 Å². The number of amides is 2. The maximum Gasteiger partial charge on any atom is 0.323 e. The van der Waals surface area contributed by atoms with Crippen LogP contribution in [0, 0.1) is 18.7 Å². The van der Waals surface area contributed by atoms with Crippen molar-refractivity contribution < 1.29 is 13.6 Å². The minimum Gasteiger partial charge on any atom is -0.308 e. The summed E-state index contributed by atoms with van der Waals surface area (Å²) in [5.74, 6) is -1.06. The Bertz CT molecular complexity index is 617. The van der Waals surface area contributed by atoms with Crippen LogP contribution >= 0.6 is 0 Å². The van der Waals surface area contributed by atoms with E-state index >= 15 is 0 Å². The number of hydrogen-bond donors (Lipinski definition) is 2. The third-order valence-electron chi connectivity index (χ3n) is 2.38. The van der Waals surface area contributed by atoms with Gasteiger partial charge in [-0.15, -0.1) is 0 Å². The normalized spacial score (nSPS) is 10.1. The number of halogens is 2. The Hall–Kier alpha value is -2.50. The van der Waals surface area contributed by atoms with E-state index in [1.165, 1.54) is 24.3 Å². The van der Waals surface area contributed by atoms with E-state index in [9.17, 15) is 13.6 Å². The number of nitrogens with one attached hydrogen (secondary N) is 2. The summed E-state index contributed by atoms with van der Waals surface area (Å²) in [5, 5.41) is 4.97. The van der Waals surface area contributed by atoms with Crippen molar-refractivity contribution in [3.05, 3.63) is 53.9 Å². The molecule has 0 saturated heterocycles. The first-order chi connectivity index (χ1) is 9.04. The van der Waals surface area contributed by atoms with Crippen LogP contribution in [0.1, 0.15) is 5.69 Å². The third-order valence-corrected chi connectivity index (χ3v) is 2.38. The standard InChI is InChI=1S/C13H11F2N3O/c1-8-11(5-6-12(15)16-8)18-13(19)17-10-4-2-3-9(14)7-10/h2-7H,1H3,(H2,17,18,19). The Morgan fingerprint density at radius 3 is 2.63 bits per heavy atom. The molecule has 0 atom stereocenters. The summed E-state index contributed by atoms with van der Waals surface area (Å²) in [6.45, 7) is 1.57. The molecule has 0 bridgehead atoms. The van der Waals surface area contributed by atoms with Crippen molar-refractivity contribution in [1.29, 1.82) is 0 Å². The van der Waals surface area contributed by atoms with Crippen molar-refractivity contribution in [2.75, 3.05) is 10.6 Å². The molecule has 0 fully saturated rings. The largest absolute Gasteiger partial charge is 0.323 e. The van der Waals surface area contributed by atoms with Gasteiger partial charge in [0.1, 0.15) is 5.82 Å². The van der Waals surface area contributed by atoms with Gasteiger partial charge < -0.3 is 10.6 Å². The summed E-state index contributed by atoms with van der Waals surface area (Å²) in [6.07, 6.45) is 0. The molecule has 0 aliphatic rings. The molecule has 6 heteroatoms. The number of rotatable bonds is 2. The van der Waals surface area contributed by atoms with Gasteiger partial charge in [0, 0.05) is 5.69 Å². The Morgan fingerprint density at radius 1 is 1.16 bits per heavy atom. The van der Waals surface area contributed by atoms with Crippen LogP contribution in [0.5, 0.6) is 0 Å². The van der Waals surface area contributed by atoms with Crippen LogP contribution in [0.4, 0.5) is 25.0 Å². The molecule has 0 unspecified atom stereocenters. The van der Waals surface area contributed by atoms with E-state index in [4.69, 9.17) is 0 Å². The van der Waals surface area contributed by atoms with Gasteiger partial charge in [-0.3, -0.25) is 0 Å². The molecule has 0 radical (unpaired) electrons. The molecule has 0 aliphatic carbocycles. The lowest BCUT2D eigenvalue weighted by Gasteiger charge is -2.09. The highest BCUT2D eigenvalue weighted by molar-refractivity contribution is 5.99. The number of aromatic nitrogens is 1. The summed E-state index contributed by atoms with van der Waals surface area (Å²) >= 11 is 0. The van der Waals surface area contributed by atoms with Crippen LogP contribution in [0.2, 0.25) is 0 Å². The van der Waals surface area contributed by atoms with Gasteiger partial charge in [-0.2, -0.15) is 4.39 Å². The summed E-state index contributed by atoms with van der Waals surface area (Å²) in [7, 11) is 0. The number of benzene rings is 1. The van der Waals surface area contributed by atoms with Crippen molar-refractivity contribution in [3.63, 3.8) is 0 Å². The zero-order valence-electron chi connectivity index (χ0n) is 10.1. The average Bonchev–Trinajstić information content (AvgIpc) is 2.33. The van der Waals surface area contributed by atoms with Crippen LogP contribution in [0.25, 0.3) is 0 Å². The van der Waals surface area contributed by atoms with E-state index in [0.29, 0.717) is 17.1 Å². The highest BCUT2D eigenvalue weighted by Crippen LogP contribution is 2.14. The Kier molecular flexibility index (Phi) is 3.70. The third kappa shape index (κ3) is 3.48. The minimum atomic E-state index is -0.617. The topological polar surface area (TPSA) is 54.0 Å². The van der Waals surface area contributed by atoms with Crippen LogP contribution in [-0.2, 0) is 0 Å². The second kappa shape index (κ2) is 5.43. The molecule has 1 aromatic heterocycles. The first kappa shape index (κ1) is 12.9. The van der Waals surface area contributed by atoms with Gasteiger partial charge in [-0.05, 0) is 37.3 Å². The molecule has 4 nitrogen and oxygen atoms in total.